The van der Waals surface area contributed by atoms with Gasteiger partial charge in [0, 0.05) is 24.5 Å². The Morgan fingerprint density at radius 1 is 1.47 bits per heavy atom. The first-order chi connectivity index (χ1) is 8.19. The van der Waals surface area contributed by atoms with Gasteiger partial charge in [-0.05, 0) is 17.2 Å². The quantitative estimate of drug-likeness (QED) is 0.797. The summed E-state index contributed by atoms with van der Waals surface area (Å²) in [6.07, 6.45) is 0.741. The fraction of sp³-hybridized carbons (Fsp3) is 0.333. The molecule has 90 valence electrons. The Balaban J connectivity index is 1.97. The fourth-order valence-electron chi connectivity index (χ4n) is 1.77. The molecule has 0 spiro atoms. The van der Waals surface area contributed by atoms with E-state index < -0.39 is 0 Å². The third-order valence-electron chi connectivity index (χ3n) is 2.61. The topological polar surface area (TPSA) is 58.2 Å². The van der Waals surface area contributed by atoms with Crippen molar-refractivity contribution in [1.29, 1.82) is 0 Å². The molecule has 2 rings (SSSR count). The van der Waals surface area contributed by atoms with E-state index in [0.717, 1.165) is 16.8 Å². The standard InChI is InChI=1S/C12H13ClN2O2/c13-4-3-11(16)14-7-8-1-2-10-9(5-8)6-12(17)15-10/h1-2,5H,3-4,6-7H2,(H,14,16)(H,15,17). The molecule has 0 aliphatic carbocycles. The van der Waals surface area contributed by atoms with E-state index in [1.807, 2.05) is 18.2 Å². The molecule has 4 nitrogen and oxygen atoms in total. The van der Waals surface area contributed by atoms with Gasteiger partial charge in [0.2, 0.25) is 11.8 Å². The van der Waals surface area contributed by atoms with Crippen LogP contribution in [0.5, 0.6) is 0 Å². The summed E-state index contributed by atoms with van der Waals surface area (Å²) in [7, 11) is 0. The van der Waals surface area contributed by atoms with E-state index in [9.17, 15) is 9.59 Å². The van der Waals surface area contributed by atoms with Crippen molar-refractivity contribution in [3.05, 3.63) is 29.3 Å². The van der Waals surface area contributed by atoms with Gasteiger partial charge in [-0.1, -0.05) is 12.1 Å². The molecule has 0 unspecified atom stereocenters. The average Bonchev–Trinajstić information content (AvgIpc) is 2.66. The van der Waals surface area contributed by atoms with E-state index in [2.05, 4.69) is 10.6 Å². The Kier molecular flexibility index (Phi) is 3.64. The van der Waals surface area contributed by atoms with E-state index in [-0.39, 0.29) is 11.8 Å². The third kappa shape index (κ3) is 2.97. The van der Waals surface area contributed by atoms with Crippen LogP contribution in [0.2, 0.25) is 0 Å². The van der Waals surface area contributed by atoms with Gasteiger partial charge in [0.25, 0.3) is 0 Å². The molecule has 0 saturated carbocycles. The van der Waals surface area contributed by atoms with Crippen LogP contribution in [0.1, 0.15) is 17.5 Å². The summed E-state index contributed by atoms with van der Waals surface area (Å²) >= 11 is 5.46. The molecular formula is C12H13ClN2O2. The molecule has 1 aromatic rings. The van der Waals surface area contributed by atoms with Crippen molar-refractivity contribution in [2.24, 2.45) is 0 Å². The number of rotatable bonds is 4. The highest BCUT2D eigenvalue weighted by Gasteiger charge is 2.17. The molecule has 0 aromatic heterocycles. The maximum Gasteiger partial charge on any atom is 0.228 e. The van der Waals surface area contributed by atoms with Crippen LogP contribution in [-0.2, 0) is 22.6 Å². The lowest BCUT2D eigenvalue weighted by Crippen LogP contribution is -2.22. The lowest BCUT2D eigenvalue weighted by Gasteiger charge is -2.06. The summed E-state index contributed by atoms with van der Waals surface area (Å²) in [6, 6.07) is 5.70. The van der Waals surface area contributed by atoms with Crippen LogP contribution in [0.3, 0.4) is 0 Å². The zero-order valence-electron chi connectivity index (χ0n) is 9.25. The third-order valence-corrected chi connectivity index (χ3v) is 2.79. The molecule has 2 amide bonds. The van der Waals surface area contributed by atoms with E-state index in [0.29, 0.717) is 25.3 Å². The van der Waals surface area contributed by atoms with Crippen LogP contribution < -0.4 is 10.6 Å². The van der Waals surface area contributed by atoms with Gasteiger partial charge in [-0.15, -0.1) is 11.6 Å². The minimum absolute atomic E-state index is 0.0170. The number of hydrogen-bond donors (Lipinski definition) is 2. The summed E-state index contributed by atoms with van der Waals surface area (Å²) < 4.78 is 0. The SMILES string of the molecule is O=C(CCCl)NCc1ccc2c(c1)CC(=O)N2. The summed E-state index contributed by atoms with van der Waals surface area (Å²) in [4.78, 5) is 22.4. The second-order valence-electron chi connectivity index (χ2n) is 3.93. The first kappa shape index (κ1) is 11.9. The molecule has 0 fully saturated rings. The first-order valence-corrected chi connectivity index (χ1v) is 5.97. The maximum absolute atomic E-state index is 11.2. The highest BCUT2D eigenvalue weighted by molar-refractivity contribution is 6.18. The molecule has 1 aromatic carbocycles. The van der Waals surface area contributed by atoms with Crippen LogP contribution in [0, 0.1) is 0 Å². The van der Waals surface area contributed by atoms with Crippen LogP contribution in [0.4, 0.5) is 5.69 Å². The normalized spacial score (nSPS) is 13.1. The number of halogens is 1. The number of benzene rings is 1. The molecule has 5 heteroatoms. The van der Waals surface area contributed by atoms with Gasteiger partial charge in [0.15, 0.2) is 0 Å². The first-order valence-electron chi connectivity index (χ1n) is 5.43. The van der Waals surface area contributed by atoms with Crippen molar-refractivity contribution in [2.75, 3.05) is 11.2 Å². The summed E-state index contributed by atoms with van der Waals surface area (Å²) in [6.45, 7) is 0.469. The zero-order valence-corrected chi connectivity index (χ0v) is 10.0. The lowest BCUT2D eigenvalue weighted by molar-refractivity contribution is -0.120. The number of amides is 2. The number of hydrogen-bond acceptors (Lipinski definition) is 2. The Bertz CT molecular complexity index is 460. The van der Waals surface area contributed by atoms with E-state index >= 15 is 0 Å². The molecule has 0 bridgehead atoms. The van der Waals surface area contributed by atoms with Gasteiger partial charge in [0.1, 0.15) is 0 Å². The van der Waals surface area contributed by atoms with Crippen LogP contribution in [-0.4, -0.2) is 17.7 Å². The van der Waals surface area contributed by atoms with Crippen molar-refractivity contribution >= 4 is 29.1 Å². The van der Waals surface area contributed by atoms with Crippen LogP contribution in [0.15, 0.2) is 18.2 Å². The Labute approximate surface area is 104 Å². The molecule has 2 N–H and O–H groups in total. The monoisotopic (exact) mass is 252 g/mol. The molecular weight excluding hydrogens is 240 g/mol. The Hall–Kier alpha value is -1.55. The van der Waals surface area contributed by atoms with Gasteiger partial charge in [-0.3, -0.25) is 9.59 Å². The molecule has 0 radical (unpaired) electrons. The molecule has 1 aliphatic heterocycles. The summed E-state index contributed by atoms with van der Waals surface area (Å²) in [5, 5.41) is 5.54. The van der Waals surface area contributed by atoms with Gasteiger partial charge in [-0.2, -0.15) is 0 Å². The lowest BCUT2D eigenvalue weighted by atomic mass is 10.1. The molecule has 17 heavy (non-hydrogen) atoms. The number of alkyl halides is 1. The van der Waals surface area contributed by atoms with Crippen molar-refractivity contribution in [2.45, 2.75) is 19.4 Å². The summed E-state index contributed by atoms with van der Waals surface area (Å²) in [5.41, 5.74) is 2.84. The van der Waals surface area contributed by atoms with Gasteiger partial charge >= 0.3 is 0 Å². The predicted molar refractivity (Wildman–Crippen MR) is 66.0 cm³/mol. The van der Waals surface area contributed by atoms with Gasteiger partial charge in [0.05, 0.1) is 6.42 Å². The van der Waals surface area contributed by atoms with E-state index in [1.165, 1.54) is 0 Å². The van der Waals surface area contributed by atoms with E-state index in [4.69, 9.17) is 11.6 Å². The van der Waals surface area contributed by atoms with Crippen molar-refractivity contribution < 1.29 is 9.59 Å². The smallest absolute Gasteiger partial charge is 0.228 e. The second-order valence-corrected chi connectivity index (χ2v) is 4.31. The largest absolute Gasteiger partial charge is 0.352 e. The van der Waals surface area contributed by atoms with Crippen LogP contribution in [0.25, 0.3) is 0 Å². The van der Waals surface area contributed by atoms with Crippen molar-refractivity contribution in [3.63, 3.8) is 0 Å². The maximum atomic E-state index is 11.2. The van der Waals surface area contributed by atoms with Gasteiger partial charge < -0.3 is 10.6 Å². The summed E-state index contributed by atoms with van der Waals surface area (Å²) in [5.74, 6) is 0.284. The second kappa shape index (κ2) is 5.19. The average molecular weight is 253 g/mol. The van der Waals surface area contributed by atoms with Crippen molar-refractivity contribution in [1.82, 2.24) is 5.32 Å². The Morgan fingerprint density at radius 2 is 2.29 bits per heavy atom. The molecule has 1 heterocycles. The molecule has 0 atom stereocenters. The minimum atomic E-state index is -0.0605. The number of carbonyl (C=O) groups excluding carboxylic acids is 2. The fourth-order valence-corrected chi connectivity index (χ4v) is 1.94. The highest BCUT2D eigenvalue weighted by atomic mass is 35.5. The molecule has 0 saturated heterocycles. The van der Waals surface area contributed by atoms with Crippen molar-refractivity contribution in [3.8, 4) is 0 Å². The van der Waals surface area contributed by atoms with Crippen LogP contribution >= 0.6 is 11.6 Å². The number of nitrogens with one attached hydrogen (secondary N) is 2. The number of fused-ring (bicyclic) bond motifs is 1. The van der Waals surface area contributed by atoms with Gasteiger partial charge in [-0.25, -0.2) is 0 Å². The number of carbonyl (C=O) groups is 2. The zero-order chi connectivity index (χ0) is 12.3. The predicted octanol–water partition coefficient (Wildman–Crippen LogP) is 1.43. The Morgan fingerprint density at radius 3 is 3.06 bits per heavy atom. The molecule has 1 aliphatic rings. The highest BCUT2D eigenvalue weighted by Crippen LogP contribution is 2.23. The number of anilines is 1. The van der Waals surface area contributed by atoms with E-state index in [1.54, 1.807) is 0 Å². The minimum Gasteiger partial charge on any atom is -0.352 e.